The summed E-state index contributed by atoms with van der Waals surface area (Å²) in [6, 6.07) is 9.06. The molecule has 0 saturated carbocycles. The van der Waals surface area contributed by atoms with Crippen molar-refractivity contribution < 1.29 is 112 Å². The smallest absolute Gasteiger partial charge is 0.744 e. The summed E-state index contributed by atoms with van der Waals surface area (Å²) >= 11 is 0. The fourth-order valence-corrected chi connectivity index (χ4v) is 5.06. The van der Waals surface area contributed by atoms with Crippen LogP contribution < -0.4 is 35.0 Å². The van der Waals surface area contributed by atoms with Gasteiger partial charge in [0.2, 0.25) is 0 Å². The second-order valence-electron chi connectivity index (χ2n) is 10.5. The van der Waals surface area contributed by atoms with Gasteiger partial charge in [-0.2, -0.15) is 0 Å². The SMILES string of the molecule is Cc1ccc(COc2ccc(OCC(CN(CCN(CC(=O)[O-])CC(=O)[O-])CC(=O)[O-])N(CC(=O)[O-])CC(=O)[O-])c(S(=O)(=O)[O-])c2)cc1.[Gd+3]. The first-order valence-corrected chi connectivity index (χ1v) is 15.4. The minimum Gasteiger partial charge on any atom is -0.744 e. The van der Waals surface area contributed by atoms with Gasteiger partial charge in [0.05, 0.1) is 40.8 Å². The van der Waals surface area contributed by atoms with Crippen molar-refractivity contribution in [2.45, 2.75) is 24.5 Å². The summed E-state index contributed by atoms with van der Waals surface area (Å²) < 4.78 is 47.6. The van der Waals surface area contributed by atoms with Gasteiger partial charge < -0.3 is 63.5 Å². The van der Waals surface area contributed by atoms with E-state index in [9.17, 15) is 62.5 Å². The maximum atomic E-state index is 12.1. The molecule has 18 nitrogen and oxygen atoms in total. The van der Waals surface area contributed by atoms with E-state index in [0.717, 1.165) is 38.0 Å². The molecule has 1 atom stereocenters. The topological polar surface area (TPSA) is 286 Å². The molecule has 1 radical (unpaired) electrons. The van der Waals surface area contributed by atoms with Crippen LogP contribution in [0, 0.1) is 46.9 Å². The van der Waals surface area contributed by atoms with Gasteiger partial charge in [-0.3, -0.25) is 14.7 Å². The Labute approximate surface area is 313 Å². The minimum atomic E-state index is -5.21. The van der Waals surface area contributed by atoms with E-state index >= 15 is 0 Å². The van der Waals surface area contributed by atoms with E-state index in [1.165, 1.54) is 6.07 Å². The van der Waals surface area contributed by atoms with Crippen molar-refractivity contribution in [1.29, 1.82) is 0 Å². The second kappa shape index (κ2) is 20.9. The summed E-state index contributed by atoms with van der Waals surface area (Å²) in [4.78, 5) is 58.3. The zero-order valence-electron chi connectivity index (χ0n) is 25.9. The Balaban J connectivity index is 0.0000120. The molecule has 0 aliphatic heterocycles. The fraction of sp³-hybridized carbons (Fsp3) is 0.414. The van der Waals surface area contributed by atoms with Crippen molar-refractivity contribution in [2.75, 3.05) is 59.0 Å². The Bertz CT molecular complexity index is 1520. The number of hydrogen-bond donors (Lipinski definition) is 0. The van der Waals surface area contributed by atoms with Crippen LogP contribution in [-0.2, 0) is 40.7 Å². The number of hydrogen-bond acceptors (Lipinski definition) is 18. The molecule has 0 N–H and O–H groups in total. The van der Waals surface area contributed by atoms with E-state index in [2.05, 4.69) is 0 Å². The van der Waals surface area contributed by atoms with Crippen LogP contribution >= 0.6 is 0 Å². The third-order valence-corrected chi connectivity index (χ3v) is 7.44. The minimum absolute atomic E-state index is 0. The molecule has 0 fully saturated rings. The van der Waals surface area contributed by atoms with Gasteiger partial charge in [-0.25, -0.2) is 8.42 Å². The molecule has 0 aliphatic rings. The standard InChI is InChI=1S/C29H37N3O15S.Gd/c1-19-2-4-20(5-3-19)17-46-22-6-7-23(24(10-22)48(43,44)45)47-18-21(32(15-28(39)40)16-29(41)42)11-30(12-25(33)34)8-9-31(13-26(35)36)14-27(37)38;/h2-7,10,21H,8-9,11-18H2,1H3,(H,33,34)(H,35,36)(H,37,38)(H,39,40)(H,41,42)(H,43,44,45);/q;+3/p-6. The van der Waals surface area contributed by atoms with E-state index in [-0.39, 0.29) is 58.8 Å². The number of ether oxygens (including phenoxy) is 2. The molecule has 49 heavy (non-hydrogen) atoms. The number of aryl methyl sites for hydroxylation is 1. The number of aliphatic carboxylic acids is 5. The molecular formula is C29H31GdN3O15S-3. The van der Waals surface area contributed by atoms with Crippen molar-refractivity contribution in [3.63, 3.8) is 0 Å². The van der Waals surface area contributed by atoms with Crippen LogP contribution in [0.1, 0.15) is 11.1 Å². The van der Waals surface area contributed by atoms with Gasteiger partial charge in [-0.1, -0.05) is 29.8 Å². The zero-order chi connectivity index (χ0) is 36.0. The van der Waals surface area contributed by atoms with Gasteiger partial charge in [-0.05, 0) is 24.6 Å². The van der Waals surface area contributed by atoms with Gasteiger partial charge in [0.15, 0.2) is 0 Å². The number of carboxylic acids is 5. The van der Waals surface area contributed by atoms with Gasteiger partial charge in [0.1, 0.15) is 34.8 Å². The van der Waals surface area contributed by atoms with Crippen molar-refractivity contribution in [1.82, 2.24) is 14.7 Å². The van der Waals surface area contributed by atoms with Crippen LogP contribution in [0.2, 0.25) is 0 Å². The molecule has 1 unspecified atom stereocenters. The van der Waals surface area contributed by atoms with Crippen molar-refractivity contribution in [2.24, 2.45) is 0 Å². The summed E-state index contributed by atoms with van der Waals surface area (Å²) in [6.45, 7) is -4.92. The molecule has 0 amide bonds. The Morgan fingerprint density at radius 1 is 0.714 bits per heavy atom. The Kier molecular flexibility index (Phi) is 18.6. The second-order valence-corrected chi connectivity index (χ2v) is 11.9. The number of carboxylic acid groups (broad SMARTS) is 5. The molecule has 2 aromatic rings. The van der Waals surface area contributed by atoms with Crippen LogP contribution in [0.25, 0.3) is 0 Å². The van der Waals surface area contributed by atoms with Crippen LogP contribution in [-0.4, -0.2) is 123 Å². The van der Waals surface area contributed by atoms with Gasteiger partial charge >= 0.3 is 39.9 Å². The molecule has 0 aliphatic carbocycles. The first-order valence-electron chi connectivity index (χ1n) is 14.0. The normalized spacial score (nSPS) is 11.9. The van der Waals surface area contributed by atoms with E-state index < -0.39 is 109 Å². The van der Waals surface area contributed by atoms with E-state index in [1.807, 2.05) is 19.1 Å². The third-order valence-electron chi connectivity index (χ3n) is 6.58. The molecule has 2 aromatic carbocycles. The number of rotatable bonds is 23. The summed E-state index contributed by atoms with van der Waals surface area (Å²) in [6.07, 6.45) is 0. The summed E-state index contributed by atoms with van der Waals surface area (Å²) in [5, 5.41) is 56.5. The van der Waals surface area contributed by atoms with Crippen LogP contribution in [0.3, 0.4) is 0 Å². The average molecular weight is 851 g/mol. The summed E-state index contributed by atoms with van der Waals surface area (Å²) in [5.41, 5.74) is 1.73. The maximum Gasteiger partial charge on any atom is 3.00 e. The zero-order valence-corrected chi connectivity index (χ0v) is 29.0. The third kappa shape index (κ3) is 17.1. The van der Waals surface area contributed by atoms with Crippen molar-refractivity contribution in [3.05, 3.63) is 53.6 Å². The molecule has 269 valence electrons. The summed E-state index contributed by atoms with van der Waals surface area (Å²) in [5.74, 6) is -9.06. The Morgan fingerprint density at radius 2 is 1.20 bits per heavy atom. The van der Waals surface area contributed by atoms with Crippen molar-refractivity contribution >= 4 is 40.0 Å². The predicted molar refractivity (Wildman–Crippen MR) is 149 cm³/mol. The number of benzene rings is 2. The number of carbonyl (C=O) groups is 5. The summed E-state index contributed by atoms with van der Waals surface area (Å²) in [7, 11) is -5.21. The van der Waals surface area contributed by atoms with Crippen molar-refractivity contribution in [3.8, 4) is 11.5 Å². The van der Waals surface area contributed by atoms with Crippen LogP contribution in [0.5, 0.6) is 11.5 Å². The van der Waals surface area contributed by atoms with E-state index in [4.69, 9.17) is 9.47 Å². The molecule has 0 spiro atoms. The maximum absolute atomic E-state index is 12.1. The molecule has 0 aromatic heterocycles. The molecule has 0 heterocycles. The molecule has 2 rings (SSSR count). The molecule has 0 saturated heterocycles. The predicted octanol–water partition coefficient (Wildman–Crippen LogP) is -7.12. The fourth-order valence-electron chi connectivity index (χ4n) is 4.43. The number of nitrogens with zero attached hydrogens (tertiary/aromatic N) is 3. The Hall–Kier alpha value is -3.50. The molecular weight excluding hydrogens is 820 g/mol. The first-order chi connectivity index (χ1) is 22.4. The van der Waals surface area contributed by atoms with Gasteiger partial charge in [0, 0.05) is 58.4 Å². The Morgan fingerprint density at radius 3 is 1.69 bits per heavy atom. The number of carbonyl (C=O) groups excluding carboxylic acids is 5. The van der Waals surface area contributed by atoms with Crippen LogP contribution in [0.4, 0.5) is 0 Å². The molecule has 20 heteroatoms. The van der Waals surface area contributed by atoms with Gasteiger partial charge in [-0.15, -0.1) is 0 Å². The monoisotopic (exact) mass is 851 g/mol. The van der Waals surface area contributed by atoms with Crippen LogP contribution in [0.15, 0.2) is 47.4 Å². The average Bonchev–Trinajstić information content (AvgIpc) is 2.95. The molecule has 0 bridgehead atoms. The van der Waals surface area contributed by atoms with E-state index in [0.29, 0.717) is 0 Å². The largest absolute Gasteiger partial charge is 3.00 e. The first kappa shape index (κ1) is 43.5. The van der Waals surface area contributed by atoms with E-state index in [1.54, 1.807) is 12.1 Å². The van der Waals surface area contributed by atoms with Gasteiger partial charge in [0.25, 0.3) is 0 Å². The quantitative estimate of drug-likeness (QED) is 0.0939.